The summed E-state index contributed by atoms with van der Waals surface area (Å²) in [6, 6.07) is 1.28. The van der Waals surface area contributed by atoms with Crippen LogP contribution in [0.3, 0.4) is 0 Å². The minimum Gasteiger partial charge on any atom is -0.431 e. The average Bonchev–Trinajstić information content (AvgIpc) is 2.79. The molecule has 1 saturated carbocycles. The smallest absolute Gasteiger partial charge is 0.431 e. The van der Waals surface area contributed by atoms with Crippen LogP contribution < -0.4 is 4.74 Å². The number of unbranched alkanes of at least 4 members (excludes halogenated alkanes) is 2. The predicted octanol–water partition coefficient (Wildman–Crippen LogP) is 7.82. The molecule has 2 atom stereocenters. The summed E-state index contributed by atoms with van der Waals surface area (Å²) in [5, 5.41) is 0. The third-order valence-electron chi connectivity index (χ3n) is 6.82. The molecule has 3 rings (SSSR count). The van der Waals surface area contributed by atoms with Crippen LogP contribution in [-0.4, -0.2) is 30.1 Å². The Bertz CT molecular complexity index is 772. The van der Waals surface area contributed by atoms with Gasteiger partial charge in [0.15, 0.2) is 6.29 Å². The SMILES string of the molecule is CCCCCC1CCC(C(F)(F)OC2CCC(C(F)(F)Oc3ccc(C(F)(F)F)nc3)CO2)CC1. The highest BCUT2D eigenvalue weighted by atomic mass is 19.4. The van der Waals surface area contributed by atoms with E-state index in [4.69, 9.17) is 9.47 Å². The Labute approximate surface area is 200 Å². The first-order chi connectivity index (χ1) is 16.4. The van der Waals surface area contributed by atoms with Crippen LogP contribution in [0.4, 0.5) is 30.7 Å². The average molecular weight is 516 g/mol. The van der Waals surface area contributed by atoms with E-state index in [1.807, 2.05) is 0 Å². The highest BCUT2D eigenvalue weighted by Gasteiger charge is 2.49. The second-order valence-corrected chi connectivity index (χ2v) is 9.47. The van der Waals surface area contributed by atoms with Gasteiger partial charge in [0, 0.05) is 0 Å². The van der Waals surface area contributed by atoms with Crippen molar-refractivity contribution < 1.29 is 44.9 Å². The molecule has 0 spiro atoms. The molecule has 4 nitrogen and oxygen atoms in total. The molecule has 35 heavy (non-hydrogen) atoms. The quantitative estimate of drug-likeness (QED) is 0.235. The predicted molar refractivity (Wildman–Crippen MR) is 113 cm³/mol. The molecule has 2 fully saturated rings. The number of alkyl halides is 7. The van der Waals surface area contributed by atoms with E-state index in [0.717, 1.165) is 44.6 Å². The summed E-state index contributed by atoms with van der Waals surface area (Å²) in [5.41, 5.74) is -1.24. The molecule has 1 aromatic heterocycles. The fourth-order valence-corrected chi connectivity index (χ4v) is 4.68. The van der Waals surface area contributed by atoms with Gasteiger partial charge < -0.3 is 9.47 Å². The Kier molecular flexibility index (Phi) is 9.28. The van der Waals surface area contributed by atoms with E-state index in [-0.39, 0.29) is 12.8 Å². The summed E-state index contributed by atoms with van der Waals surface area (Å²) in [6.07, 6.45) is -6.46. The number of aromatic nitrogens is 1. The normalized spacial score (nSPS) is 26.5. The van der Waals surface area contributed by atoms with Crippen LogP contribution in [0.25, 0.3) is 0 Å². The summed E-state index contributed by atoms with van der Waals surface area (Å²) in [5.74, 6) is -2.49. The lowest BCUT2D eigenvalue weighted by Crippen LogP contribution is -2.45. The molecule has 0 N–H and O–H groups in total. The van der Waals surface area contributed by atoms with E-state index in [2.05, 4.69) is 16.6 Å². The van der Waals surface area contributed by atoms with Gasteiger partial charge in [-0.25, -0.2) is 4.98 Å². The van der Waals surface area contributed by atoms with Crippen molar-refractivity contribution in [1.29, 1.82) is 0 Å². The molecular weight excluding hydrogens is 483 g/mol. The van der Waals surface area contributed by atoms with Crippen molar-refractivity contribution in [2.24, 2.45) is 17.8 Å². The molecule has 2 unspecified atom stereocenters. The van der Waals surface area contributed by atoms with Gasteiger partial charge in [-0.1, -0.05) is 32.6 Å². The van der Waals surface area contributed by atoms with E-state index in [0.29, 0.717) is 31.0 Å². The van der Waals surface area contributed by atoms with E-state index < -0.39 is 54.6 Å². The summed E-state index contributed by atoms with van der Waals surface area (Å²) in [4.78, 5) is 3.08. The lowest BCUT2D eigenvalue weighted by Gasteiger charge is -2.37. The Morgan fingerprint density at radius 2 is 1.57 bits per heavy atom. The monoisotopic (exact) mass is 515 g/mol. The zero-order chi connectivity index (χ0) is 25.7. The van der Waals surface area contributed by atoms with Gasteiger partial charge in [0.25, 0.3) is 0 Å². The third-order valence-corrected chi connectivity index (χ3v) is 6.82. The van der Waals surface area contributed by atoms with Crippen LogP contribution in [0.15, 0.2) is 18.3 Å². The van der Waals surface area contributed by atoms with Gasteiger partial charge in [0.05, 0.1) is 24.6 Å². The molecule has 2 aliphatic rings. The highest BCUT2D eigenvalue weighted by Crippen LogP contribution is 2.43. The van der Waals surface area contributed by atoms with Crippen molar-refractivity contribution >= 4 is 0 Å². The molecule has 0 amide bonds. The van der Waals surface area contributed by atoms with Gasteiger partial charge in [-0.05, 0) is 56.6 Å². The number of hydrogen-bond donors (Lipinski definition) is 0. The molecule has 1 aliphatic heterocycles. The lowest BCUT2D eigenvalue weighted by molar-refractivity contribution is -0.358. The molecule has 1 saturated heterocycles. The molecule has 1 aromatic rings. The second kappa shape index (κ2) is 11.6. The second-order valence-electron chi connectivity index (χ2n) is 9.47. The number of ether oxygens (including phenoxy) is 3. The Hall–Kier alpha value is -1.62. The highest BCUT2D eigenvalue weighted by molar-refractivity contribution is 5.21. The van der Waals surface area contributed by atoms with Crippen molar-refractivity contribution in [3.63, 3.8) is 0 Å². The lowest BCUT2D eigenvalue weighted by atomic mass is 9.79. The maximum absolute atomic E-state index is 14.7. The van der Waals surface area contributed by atoms with Crippen molar-refractivity contribution in [2.45, 2.75) is 95.8 Å². The van der Waals surface area contributed by atoms with E-state index >= 15 is 0 Å². The molecule has 2 heterocycles. The minimum atomic E-state index is -4.71. The molecular formula is C24H32F7NO3. The van der Waals surface area contributed by atoms with Crippen LogP contribution in [0, 0.1) is 17.8 Å². The van der Waals surface area contributed by atoms with Crippen LogP contribution >= 0.6 is 0 Å². The van der Waals surface area contributed by atoms with Gasteiger partial charge in [-0.2, -0.15) is 30.7 Å². The Morgan fingerprint density at radius 3 is 2.11 bits per heavy atom. The zero-order valence-corrected chi connectivity index (χ0v) is 19.6. The summed E-state index contributed by atoms with van der Waals surface area (Å²) < 4.78 is 111. The molecule has 1 aliphatic carbocycles. The maximum atomic E-state index is 14.7. The summed E-state index contributed by atoms with van der Waals surface area (Å²) in [7, 11) is 0. The topological polar surface area (TPSA) is 40.6 Å². The van der Waals surface area contributed by atoms with Crippen molar-refractivity contribution in [3.05, 3.63) is 24.0 Å². The van der Waals surface area contributed by atoms with Crippen LogP contribution in [0.5, 0.6) is 5.75 Å². The van der Waals surface area contributed by atoms with Crippen LogP contribution in [-0.2, 0) is 15.7 Å². The summed E-state index contributed by atoms with van der Waals surface area (Å²) >= 11 is 0. The molecule has 0 aromatic carbocycles. The fraction of sp³-hybridized carbons (Fsp3) is 0.792. The molecule has 11 heteroatoms. The van der Waals surface area contributed by atoms with E-state index in [1.54, 1.807) is 0 Å². The van der Waals surface area contributed by atoms with Crippen LogP contribution in [0.2, 0.25) is 0 Å². The minimum absolute atomic E-state index is 0.184. The van der Waals surface area contributed by atoms with Gasteiger partial charge in [0.1, 0.15) is 11.4 Å². The van der Waals surface area contributed by atoms with Gasteiger partial charge in [0.2, 0.25) is 0 Å². The standard InChI is InChI=1S/C24H32F7NO3/c1-2-3-4-5-16-6-8-17(9-7-16)23(28,29)35-21-13-10-18(15-33-21)24(30,31)34-19-11-12-20(32-14-19)22(25,26)27/h11-12,14,16-18,21H,2-10,13,15H2,1H3. The van der Waals surface area contributed by atoms with Gasteiger partial charge >= 0.3 is 18.4 Å². The van der Waals surface area contributed by atoms with E-state index in [1.165, 1.54) is 0 Å². The maximum Gasteiger partial charge on any atom is 0.433 e. The molecule has 0 radical (unpaired) electrons. The van der Waals surface area contributed by atoms with Crippen molar-refractivity contribution in [2.75, 3.05) is 6.61 Å². The first-order valence-corrected chi connectivity index (χ1v) is 12.2. The largest absolute Gasteiger partial charge is 0.433 e. The first-order valence-electron chi connectivity index (χ1n) is 12.2. The zero-order valence-electron chi connectivity index (χ0n) is 19.6. The fourth-order valence-electron chi connectivity index (χ4n) is 4.68. The number of hydrogen-bond acceptors (Lipinski definition) is 4. The Morgan fingerprint density at radius 1 is 0.886 bits per heavy atom. The van der Waals surface area contributed by atoms with E-state index in [9.17, 15) is 30.7 Å². The summed E-state index contributed by atoms with van der Waals surface area (Å²) in [6.45, 7) is 1.53. The van der Waals surface area contributed by atoms with Gasteiger partial charge in [-0.15, -0.1) is 0 Å². The molecule has 200 valence electrons. The molecule has 0 bridgehead atoms. The number of nitrogens with zero attached hydrogens (tertiary/aromatic N) is 1. The Balaban J connectivity index is 1.45. The van der Waals surface area contributed by atoms with Crippen molar-refractivity contribution in [3.8, 4) is 5.75 Å². The van der Waals surface area contributed by atoms with Gasteiger partial charge in [-0.3, -0.25) is 4.74 Å². The first kappa shape index (κ1) is 28.0. The number of halogens is 7. The van der Waals surface area contributed by atoms with Crippen LogP contribution in [0.1, 0.15) is 76.8 Å². The number of pyridine rings is 1. The number of rotatable bonds is 10. The van der Waals surface area contributed by atoms with Crippen molar-refractivity contribution in [1.82, 2.24) is 4.98 Å². The third kappa shape index (κ3) is 7.93.